The Bertz CT molecular complexity index is 1030. The number of methoxy groups -OCH3 is 1. The first kappa shape index (κ1) is 18.8. The van der Waals surface area contributed by atoms with Gasteiger partial charge in [-0.25, -0.2) is 4.98 Å². The molecule has 1 amide bonds. The van der Waals surface area contributed by atoms with Gasteiger partial charge >= 0.3 is 0 Å². The quantitative estimate of drug-likeness (QED) is 0.616. The lowest BCUT2D eigenvalue weighted by Crippen LogP contribution is -2.25. The minimum atomic E-state index is 0.0299. The van der Waals surface area contributed by atoms with Gasteiger partial charge < -0.3 is 14.2 Å². The van der Waals surface area contributed by atoms with E-state index in [-0.39, 0.29) is 11.8 Å². The predicted molar refractivity (Wildman–Crippen MR) is 112 cm³/mol. The van der Waals surface area contributed by atoms with Crippen molar-refractivity contribution in [1.82, 2.24) is 9.55 Å². The van der Waals surface area contributed by atoms with E-state index in [0.717, 1.165) is 23.4 Å². The standard InChI is InChI=1S/C22H24ClN3O2/c1-14(2)12-26-18-7-5-4-6-17(18)24-22(26)15-10-21(27)25(13-15)19-11-16(23)8-9-20(19)28-3/h4-9,11,14-15H,10,12-13H2,1-3H3/t15-/m1/s1. The second-order valence-electron chi connectivity index (χ2n) is 7.68. The molecule has 0 saturated carbocycles. The van der Waals surface area contributed by atoms with Crippen molar-refractivity contribution < 1.29 is 9.53 Å². The Kier molecular flexibility index (Phi) is 5.02. The monoisotopic (exact) mass is 397 g/mol. The van der Waals surface area contributed by atoms with Gasteiger partial charge in [0.25, 0.3) is 0 Å². The van der Waals surface area contributed by atoms with Gasteiger partial charge in [0.15, 0.2) is 0 Å². The number of rotatable bonds is 5. The van der Waals surface area contributed by atoms with Crippen molar-refractivity contribution in [2.24, 2.45) is 5.92 Å². The van der Waals surface area contributed by atoms with Crippen LogP contribution in [0.25, 0.3) is 11.0 Å². The zero-order valence-electron chi connectivity index (χ0n) is 16.4. The van der Waals surface area contributed by atoms with Crippen molar-refractivity contribution >= 4 is 34.2 Å². The maximum atomic E-state index is 12.9. The van der Waals surface area contributed by atoms with Crippen LogP contribution >= 0.6 is 11.6 Å². The van der Waals surface area contributed by atoms with Gasteiger partial charge in [-0.1, -0.05) is 37.6 Å². The molecule has 4 rings (SSSR count). The topological polar surface area (TPSA) is 47.4 Å². The molecule has 1 aliphatic heterocycles. The summed E-state index contributed by atoms with van der Waals surface area (Å²) >= 11 is 6.18. The molecule has 3 aromatic rings. The number of carbonyl (C=O) groups is 1. The van der Waals surface area contributed by atoms with Gasteiger partial charge in [0.1, 0.15) is 11.6 Å². The van der Waals surface area contributed by atoms with Crippen molar-refractivity contribution in [2.45, 2.75) is 32.7 Å². The molecular formula is C22H24ClN3O2. The average molecular weight is 398 g/mol. The fraction of sp³-hybridized carbons (Fsp3) is 0.364. The van der Waals surface area contributed by atoms with E-state index >= 15 is 0 Å². The lowest BCUT2D eigenvalue weighted by atomic mass is 10.1. The highest BCUT2D eigenvalue weighted by Crippen LogP contribution is 2.38. The predicted octanol–water partition coefficient (Wildman–Crippen LogP) is 4.87. The molecule has 1 fully saturated rings. The van der Waals surface area contributed by atoms with E-state index in [1.165, 1.54) is 0 Å². The van der Waals surface area contributed by atoms with Crippen molar-refractivity contribution in [3.63, 3.8) is 0 Å². The lowest BCUT2D eigenvalue weighted by molar-refractivity contribution is -0.117. The number of para-hydroxylation sites is 2. The van der Waals surface area contributed by atoms with Gasteiger partial charge in [-0.2, -0.15) is 0 Å². The second-order valence-corrected chi connectivity index (χ2v) is 8.12. The molecule has 2 aromatic carbocycles. The third-order valence-electron chi connectivity index (χ3n) is 5.15. The van der Waals surface area contributed by atoms with E-state index in [2.05, 4.69) is 24.5 Å². The molecular weight excluding hydrogens is 374 g/mol. The number of carbonyl (C=O) groups excluding carboxylic acids is 1. The van der Waals surface area contributed by atoms with Gasteiger partial charge in [-0.15, -0.1) is 0 Å². The largest absolute Gasteiger partial charge is 0.495 e. The number of aromatic nitrogens is 2. The summed E-state index contributed by atoms with van der Waals surface area (Å²) in [5.74, 6) is 2.20. The third kappa shape index (κ3) is 3.35. The van der Waals surface area contributed by atoms with E-state index in [9.17, 15) is 4.79 Å². The summed E-state index contributed by atoms with van der Waals surface area (Å²) in [6.07, 6.45) is 0.428. The Morgan fingerprint density at radius 2 is 2.04 bits per heavy atom. The highest BCUT2D eigenvalue weighted by molar-refractivity contribution is 6.31. The Morgan fingerprint density at radius 3 is 2.79 bits per heavy atom. The Balaban J connectivity index is 1.73. The molecule has 5 nitrogen and oxygen atoms in total. The summed E-state index contributed by atoms with van der Waals surface area (Å²) in [6.45, 7) is 5.83. The number of halogens is 1. The summed E-state index contributed by atoms with van der Waals surface area (Å²) in [4.78, 5) is 19.5. The number of imidazole rings is 1. The maximum absolute atomic E-state index is 12.9. The number of nitrogens with zero attached hydrogens (tertiary/aromatic N) is 3. The van der Waals surface area contributed by atoms with Crippen molar-refractivity contribution in [3.05, 3.63) is 53.3 Å². The normalized spacial score (nSPS) is 17.1. The number of fused-ring (bicyclic) bond motifs is 1. The van der Waals surface area contributed by atoms with E-state index in [1.54, 1.807) is 30.2 Å². The minimum absolute atomic E-state index is 0.0299. The average Bonchev–Trinajstić information content (AvgIpc) is 3.22. The zero-order chi connectivity index (χ0) is 19.8. The number of anilines is 1. The summed E-state index contributed by atoms with van der Waals surface area (Å²) in [5, 5.41) is 0.582. The Morgan fingerprint density at radius 1 is 1.25 bits per heavy atom. The fourth-order valence-electron chi connectivity index (χ4n) is 3.95. The van der Waals surface area contributed by atoms with E-state index in [1.807, 2.05) is 18.2 Å². The SMILES string of the molecule is COc1ccc(Cl)cc1N1C[C@H](c2nc3ccccc3n2CC(C)C)CC1=O. The first-order chi connectivity index (χ1) is 13.5. The molecule has 1 saturated heterocycles. The van der Waals surface area contributed by atoms with E-state index in [0.29, 0.717) is 35.3 Å². The molecule has 0 radical (unpaired) electrons. The van der Waals surface area contributed by atoms with Gasteiger partial charge in [0, 0.05) is 30.5 Å². The molecule has 0 N–H and O–H groups in total. The molecule has 28 heavy (non-hydrogen) atoms. The van der Waals surface area contributed by atoms with E-state index < -0.39 is 0 Å². The lowest BCUT2D eigenvalue weighted by Gasteiger charge is -2.20. The molecule has 0 bridgehead atoms. The Hall–Kier alpha value is -2.53. The van der Waals surface area contributed by atoms with Crippen LogP contribution < -0.4 is 9.64 Å². The van der Waals surface area contributed by atoms with Crippen LogP contribution in [-0.4, -0.2) is 29.1 Å². The highest BCUT2D eigenvalue weighted by atomic mass is 35.5. The van der Waals surface area contributed by atoms with Crippen LogP contribution in [0.2, 0.25) is 5.02 Å². The summed E-state index contributed by atoms with van der Waals surface area (Å²) in [6, 6.07) is 13.5. The van der Waals surface area contributed by atoms with Crippen molar-refractivity contribution in [3.8, 4) is 5.75 Å². The van der Waals surface area contributed by atoms with E-state index in [4.69, 9.17) is 21.3 Å². The van der Waals surface area contributed by atoms with Gasteiger partial charge in [-0.05, 0) is 36.2 Å². The molecule has 1 atom stereocenters. The van der Waals surface area contributed by atoms with Gasteiger partial charge in [-0.3, -0.25) is 4.79 Å². The first-order valence-corrected chi connectivity index (χ1v) is 9.94. The van der Waals surface area contributed by atoms with Gasteiger partial charge in [0.05, 0.1) is 23.8 Å². The van der Waals surface area contributed by atoms with Crippen LogP contribution in [-0.2, 0) is 11.3 Å². The Labute approximate surface area is 169 Å². The number of benzene rings is 2. The van der Waals surface area contributed by atoms with Crippen LogP contribution in [0.15, 0.2) is 42.5 Å². The number of amides is 1. The molecule has 1 aromatic heterocycles. The van der Waals surface area contributed by atoms with Crippen LogP contribution in [0.3, 0.4) is 0 Å². The van der Waals surface area contributed by atoms with Crippen LogP contribution in [0, 0.1) is 5.92 Å². The second kappa shape index (κ2) is 7.47. The summed E-state index contributed by atoms with van der Waals surface area (Å²) in [5.41, 5.74) is 2.82. The number of ether oxygens (including phenoxy) is 1. The number of hydrogen-bond donors (Lipinski definition) is 0. The van der Waals surface area contributed by atoms with Gasteiger partial charge in [0.2, 0.25) is 5.91 Å². The summed E-state index contributed by atoms with van der Waals surface area (Å²) < 4.78 is 7.73. The van der Waals surface area contributed by atoms with Crippen LogP contribution in [0.5, 0.6) is 5.75 Å². The smallest absolute Gasteiger partial charge is 0.227 e. The summed E-state index contributed by atoms with van der Waals surface area (Å²) in [7, 11) is 1.60. The minimum Gasteiger partial charge on any atom is -0.495 e. The highest BCUT2D eigenvalue weighted by Gasteiger charge is 2.36. The fourth-order valence-corrected chi connectivity index (χ4v) is 4.12. The number of hydrogen-bond acceptors (Lipinski definition) is 3. The maximum Gasteiger partial charge on any atom is 0.227 e. The molecule has 0 aliphatic carbocycles. The molecule has 6 heteroatoms. The molecule has 0 spiro atoms. The third-order valence-corrected chi connectivity index (χ3v) is 5.39. The van der Waals surface area contributed by atoms with Crippen molar-refractivity contribution in [2.75, 3.05) is 18.6 Å². The molecule has 1 aliphatic rings. The van der Waals surface area contributed by atoms with Crippen molar-refractivity contribution in [1.29, 1.82) is 0 Å². The molecule has 146 valence electrons. The van der Waals surface area contributed by atoms with Crippen LogP contribution in [0.4, 0.5) is 5.69 Å². The molecule has 0 unspecified atom stereocenters. The molecule has 2 heterocycles. The zero-order valence-corrected chi connectivity index (χ0v) is 17.1. The van der Waals surface area contributed by atoms with Crippen LogP contribution in [0.1, 0.15) is 32.0 Å². The first-order valence-electron chi connectivity index (χ1n) is 9.57.